The number of benzene rings is 1. The van der Waals surface area contributed by atoms with Crippen molar-refractivity contribution in [1.82, 2.24) is 10.6 Å². The lowest BCUT2D eigenvalue weighted by molar-refractivity contribution is -0.132. The van der Waals surface area contributed by atoms with Gasteiger partial charge in [-0.2, -0.15) is 13.2 Å². The Hall–Kier alpha value is -1.92. The van der Waals surface area contributed by atoms with Gasteiger partial charge >= 0.3 is 6.18 Å². The Balaban J connectivity index is 1.78. The predicted molar refractivity (Wildman–Crippen MR) is 95.9 cm³/mol. The minimum atomic E-state index is -4.16. The minimum absolute atomic E-state index is 0.185. The largest absolute Gasteiger partial charge is 0.390 e. The summed E-state index contributed by atoms with van der Waals surface area (Å²) < 4.78 is 36.5. The van der Waals surface area contributed by atoms with Crippen molar-refractivity contribution in [2.45, 2.75) is 38.9 Å². The van der Waals surface area contributed by atoms with Gasteiger partial charge in [0.2, 0.25) is 0 Å². The van der Waals surface area contributed by atoms with E-state index in [1.54, 1.807) is 7.05 Å². The van der Waals surface area contributed by atoms with E-state index in [9.17, 15) is 13.2 Å². The second kappa shape index (κ2) is 8.97. The molecule has 2 rings (SSSR count). The molecule has 4 nitrogen and oxygen atoms in total. The summed E-state index contributed by atoms with van der Waals surface area (Å²) in [6.45, 7) is 4.81. The molecule has 0 radical (unpaired) electrons. The van der Waals surface area contributed by atoms with Crippen LogP contribution in [0.25, 0.3) is 0 Å². The number of anilines is 1. The Kier molecular flexibility index (Phi) is 6.96. The van der Waals surface area contributed by atoms with E-state index in [4.69, 9.17) is 0 Å². The summed E-state index contributed by atoms with van der Waals surface area (Å²) in [4.78, 5) is 6.34. The first-order valence-corrected chi connectivity index (χ1v) is 8.72. The number of alkyl halides is 3. The van der Waals surface area contributed by atoms with Gasteiger partial charge in [-0.25, -0.2) is 0 Å². The number of guanidine groups is 1. The molecule has 0 unspecified atom stereocenters. The molecule has 0 saturated carbocycles. The summed E-state index contributed by atoms with van der Waals surface area (Å²) in [7, 11) is 1.55. The lowest BCUT2D eigenvalue weighted by atomic mass is 9.99. The highest BCUT2D eigenvalue weighted by atomic mass is 19.4. The van der Waals surface area contributed by atoms with Crippen LogP contribution in [0.5, 0.6) is 0 Å². The summed E-state index contributed by atoms with van der Waals surface area (Å²) >= 11 is 0. The number of hydrogen-bond donors (Lipinski definition) is 2. The molecular weight excluding hydrogens is 329 g/mol. The molecule has 1 aromatic carbocycles. The van der Waals surface area contributed by atoms with Gasteiger partial charge in [0.1, 0.15) is 0 Å². The number of piperidine rings is 1. The molecular formula is C18H27F3N4. The zero-order chi connectivity index (χ0) is 18.3. The molecule has 7 heteroatoms. The maximum absolute atomic E-state index is 12.2. The molecule has 1 heterocycles. The van der Waals surface area contributed by atoms with Crippen LogP contribution in [0.4, 0.5) is 18.9 Å². The van der Waals surface area contributed by atoms with Gasteiger partial charge in [0, 0.05) is 38.9 Å². The molecule has 1 aliphatic heterocycles. The minimum Gasteiger partial charge on any atom is -0.372 e. The van der Waals surface area contributed by atoms with Gasteiger partial charge in [-0.3, -0.25) is 4.99 Å². The first kappa shape index (κ1) is 19.4. The van der Waals surface area contributed by atoms with Gasteiger partial charge in [-0.1, -0.05) is 19.1 Å². The number of hydrogen-bond acceptors (Lipinski definition) is 2. The molecule has 0 spiro atoms. The molecule has 140 valence electrons. The van der Waals surface area contributed by atoms with E-state index in [-0.39, 0.29) is 6.54 Å². The SMILES string of the molecule is CN=C(NCCC(F)(F)F)NCc1ccc(N2CCC(C)CC2)cc1. The van der Waals surface area contributed by atoms with E-state index in [0.717, 1.165) is 24.6 Å². The van der Waals surface area contributed by atoms with E-state index < -0.39 is 12.6 Å². The van der Waals surface area contributed by atoms with Gasteiger partial charge in [0.05, 0.1) is 6.42 Å². The second-order valence-corrected chi connectivity index (χ2v) is 6.55. The van der Waals surface area contributed by atoms with E-state index in [0.29, 0.717) is 12.5 Å². The third-order valence-electron chi connectivity index (χ3n) is 4.47. The van der Waals surface area contributed by atoms with E-state index in [1.165, 1.54) is 18.5 Å². The summed E-state index contributed by atoms with van der Waals surface area (Å²) in [5.74, 6) is 1.18. The summed E-state index contributed by atoms with van der Waals surface area (Å²) in [6, 6.07) is 8.30. The maximum atomic E-state index is 12.2. The smallest absolute Gasteiger partial charge is 0.372 e. The highest BCUT2D eigenvalue weighted by Crippen LogP contribution is 2.23. The van der Waals surface area contributed by atoms with Crippen LogP contribution < -0.4 is 15.5 Å². The van der Waals surface area contributed by atoms with Crippen molar-refractivity contribution >= 4 is 11.6 Å². The third-order valence-corrected chi connectivity index (χ3v) is 4.47. The van der Waals surface area contributed by atoms with Crippen LogP contribution in [0.3, 0.4) is 0 Å². The van der Waals surface area contributed by atoms with Crippen molar-refractivity contribution in [3.8, 4) is 0 Å². The zero-order valence-electron chi connectivity index (χ0n) is 14.9. The lowest BCUT2D eigenvalue weighted by Crippen LogP contribution is -2.38. The molecule has 1 fully saturated rings. The van der Waals surface area contributed by atoms with Gasteiger partial charge in [-0.15, -0.1) is 0 Å². The van der Waals surface area contributed by atoms with E-state index in [1.807, 2.05) is 12.1 Å². The fourth-order valence-corrected chi connectivity index (χ4v) is 2.82. The average Bonchev–Trinajstić information content (AvgIpc) is 2.58. The second-order valence-electron chi connectivity index (χ2n) is 6.55. The Bertz CT molecular complexity index is 546. The number of rotatable bonds is 5. The number of nitrogens with one attached hydrogen (secondary N) is 2. The third kappa shape index (κ3) is 6.84. The van der Waals surface area contributed by atoms with E-state index >= 15 is 0 Å². The highest BCUT2D eigenvalue weighted by Gasteiger charge is 2.26. The van der Waals surface area contributed by atoms with Gasteiger partial charge in [0.25, 0.3) is 0 Å². The average molecular weight is 356 g/mol. The first-order valence-electron chi connectivity index (χ1n) is 8.72. The predicted octanol–water partition coefficient (Wildman–Crippen LogP) is 3.54. The monoisotopic (exact) mass is 356 g/mol. The Morgan fingerprint density at radius 1 is 1.16 bits per heavy atom. The zero-order valence-corrected chi connectivity index (χ0v) is 14.9. The van der Waals surface area contributed by atoms with Crippen molar-refractivity contribution in [3.63, 3.8) is 0 Å². The maximum Gasteiger partial charge on any atom is 0.390 e. The molecule has 25 heavy (non-hydrogen) atoms. The normalized spacial score (nSPS) is 16.8. The molecule has 0 atom stereocenters. The van der Waals surface area contributed by atoms with Crippen molar-refractivity contribution < 1.29 is 13.2 Å². The van der Waals surface area contributed by atoms with Crippen molar-refractivity contribution in [3.05, 3.63) is 29.8 Å². The fraction of sp³-hybridized carbons (Fsp3) is 0.611. The van der Waals surface area contributed by atoms with Gasteiger partial charge in [-0.05, 0) is 36.5 Å². The lowest BCUT2D eigenvalue weighted by Gasteiger charge is -2.32. The van der Waals surface area contributed by atoms with Crippen LogP contribution >= 0.6 is 0 Å². The van der Waals surface area contributed by atoms with Gasteiger partial charge < -0.3 is 15.5 Å². The van der Waals surface area contributed by atoms with Crippen LogP contribution in [0.1, 0.15) is 31.7 Å². The molecule has 2 N–H and O–H groups in total. The topological polar surface area (TPSA) is 39.7 Å². The first-order chi connectivity index (χ1) is 11.9. The molecule has 0 aliphatic carbocycles. The summed E-state index contributed by atoms with van der Waals surface area (Å²) in [5, 5.41) is 5.71. The molecule has 0 aromatic heterocycles. The van der Waals surface area contributed by atoms with E-state index in [2.05, 4.69) is 39.6 Å². The highest BCUT2D eigenvalue weighted by molar-refractivity contribution is 5.79. The van der Waals surface area contributed by atoms with Crippen LogP contribution in [-0.4, -0.2) is 38.8 Å². The number of halogens is 3. The number of nitrogens with zero attached hydrogens (tertiary/aromatic N) is 2. The van der Waals surface area contributed by atoms with Crippen LogP contribution in [-0.2, 0) is 6.54 Å². The van der Waals surface area contributed by atoms with Crippen LogP contribution in [0, 0.1) is 5.92 Å². The van der Waals surface area contributed by atoms with Crippen LogP contribution in [0.2, 0.25) is 0 Å². The Labute approximate surface area is 147 Å². The Morgan fingerprint density at radius 2 is 1.80 bits per heavy atom. The molecule has 1 saturated heterocycles. The molecule has 1 aromatic rings. The van der Waals surface area contributed by atoms with Gasteiger partial charge in [0.15, 0.2) is 5.96 Å². The fourth-order valence-electron chi connectivity index (χ4n) is 2.82. The number of aliphatic imine (C=N–C) groups is 1. The quantitative estimate of drug-likeness (QED) is 0.626. The standard InChI is InChI=1S/C18H27F3N4/c1-14-7-11-25(12-8-14)16-5-3-15(4-6-16)13-24-17(22-2)23-10-9-18(19,20)21/h3-6,14H,7-13H2,1-2H3,(H2,22,23,24). The Morgan fingerprint density at radius 3 is 2.36 bits per heavy atom. The van der Waals surface area contributed by atoms with Crippen molar-refractivity contribution in [2.75, 3.05) is 31.6 Å². The summed E-state index contributed by atoms with van der Waals surface area (Å²) in [6.07, 6.45) is -2.59. The summed E-state index contributed by atoms with van der Waals surface area (Å²) in [5.41, 5.74) is 2.29. The van der Waals surface area contributed by atoms with Crippen LogP contribution in [0.15, 0.2) is 29.3 Å². The van der Waals surface area contributed by atoms with Crippen molar-refractivity contribution in [2.24, 2.45) is 10.9 Å². The molecule has 0 amide bonds. The molecule has 1 aliphatic rings. The molecule has 0 bridgehead atoms. The van der Waals surface area contributed by atoms with Crippen molar-refractivity contribution in [1.29, 1.82) is 0 Å².